The number of nitrogens with zero attached hydrogens (tertiary/aromatic N) is 2. The fourth-order valence-electron chi connectivity index (χ4n) is 4.34. The van der Waals surface area contributed by atoms with Crippen molar-refractivity contribution < 1.29 is 29.3 Å². The molecule has 1 aliphatic rings. The molecule has 2 heterocycles. The largest absolute Gasteiger partial charge is 0.481 e. The predicted molar refractivity (Wildman–Crippen MR) is 142 cm³/mol. The molecule has 4 unspecified atom stereocenters. The van der Waals surface area contributed by atoms with Gasteiger partial charge in [0.25, 0.3) is 0 Å². The molecule has 0 spiro atoms. The average molecular weight is 562 g/mol. The highest BCUT2D eigenvalue weighted by molar-refractivity contribution is 6.40. The number of imidazole rings is 1. The van der Waals surface area contributed by atoms with E-state index in [1.807, 2.05) is 43.3 Å². The number of aliphatic hydroxyl groups is 1. The maximum atomic E-state index is 12.1. The maximum Gasteiger partial charge on any atom is 0.303 e. The number of carboxylic acids is 1. The second-order valence-corrected chi connectivity index (χ2v) is 9.93. The van der Waals surface area contributed by atoms with Crippen molar-refractivity contribution in [2.45, 2.75) is 57.8 Å². The van der Waals surface area contributed by atoms with Crippen LogP contribution in [0.2, 0.25) is 10.3 Å². The van der Waals surface area contributed by atoms with Gasteiger partial charge in [-0.3, -0.25) is 9.59 Å². The molecule has 9 nitrogen and oxygen atoms in total. The minimum Gasteiger partial charge on any atom is -0.481 e. The second-order valence-electron chi connectivity index (χ2n) is 9.22. The number of carboxylic acid groups (broad SMARTS) is 1. The summed E-state index contributed by atoms with van der Waals surface area (Å²) in [6, 6.07) is 14.8. The lowest BCUT2D eigenvalue weighted by molar-refractivity contribution is -0.276. The highest BCUT2D eigenvalue weighted by atomic mass is 35.5. The number of anilines is 1. The van der Waals surface area contributed by atoms with Crippen LogP contribution in [0.5, 0.6) is 0 Å². The highest BCUT2D eigenvalue weighted by Gasteiger charge is 2.38. The molecule has 1 amide bonds. The number of carbonyl (C=O) groups is 2. The van der Waals surface area contributed by atoms with Gasteiger partial charge in [-0.1, -0.05) is 66.5 Å². The number of aromatic nitrogens is 2. The van der Waals surface area contributed by atoms with Crippen LogP contribution in [0.1, 0.15) is 55.3 Å². The molecule has 1 saturated heterocycles. The van der Waals surface area contributed by atoms with E-state index in [9.17, 15) is 14.7 Å². The van der Waals surface area contributed by atoms with Gasteiger partial charge >= 0.3 is 5.97 Å². The number of carbonyl (C=O) groups excluding carboxylic acids is 1. The van der Waals surface area contributed by atoms with Crippen LogP contribution in [0.25, 0.3) is 0 Å². The number of aliphatic hydroxyl groups excluding tert-OH is 1. The SMILES string of the molecule is CC1C(Cn2cnc(Cl)c2Cl)OC(c2ccc(NC(=O)CCCC(=O)O)cc2)OC1c1ccc(CO)cc1. The molecule has 4 rings (SSSR count). The van der Waals surface area contributed by atoms with Gasteiger partial charge in [-0.15, -0.1) is 0 Å². The van der Waals surface area contributed by atoms with Crippen LogP contribution >= 0.6 is 23.2 Å². The number of ether oxygens (including phenoxy) is 2. The monoisotopic (exact) mass is 561 g/mol. The van der Waals surface area contributed by atoms with Crippen molar-refractivity contribution in [3.8, 4) is 0 Å². The Labute approximate surface area is 230 Å². The fourth-order valence-corrected chi connectivity index (χ4v) is 4.65. The van der Waals surface area contributed by atoms with E-state index in [1.54, 1.807) is 23.0 Å². The second kappa shape index (κ2) is 12.7. The zero-order valence-corrected chi connectivity index (χ0v) is 22.2. The summed E-state index contributed by atoms with van der Waals surface area (Å²) in [5.74, 6) is -1.24. The van der Waals surface area contributed by atoms with Gasteiger partial charge in [-0.25, -0.2) is 4.98 Å². The molecule has 3 aromatic rings. The van der Waals surface area contributed by atoms with E-state index in [0.717, 1.165) is 16.7 Å². The Morgan fingerprint density at radius 1 is 1.03 bits per heavy atom. The summed E-state index contributed by atoms with van der Waals surface area (Å²) in [5.41, 5.74) is 3.11. The number of rotatable bonds is 10. The van der Waals surface area contributed by atoms with Crippen molar-refractivity contribution >= 4 is 40.8 Å². The van der Waals surface area contributed by atoms with Crippen LogP contribution in [-0.2, 0) is 32.2 Å². The van der Waals surface area contributed by atoms with Gasteiger partial charge in [0.1, 0.15) is 5.15 Å². The van der Waals surface area contributed by atoms with Crippen molar-refractivity contribution in [2.75, 3.05) is 5.32 Å². The lowest BCUT2D eigenvalue weighted by Gasteiger charge is -2.41. The molecule has 3 N–H and O–H groups in total. The quantitative estimate of drug-likeness (QED) is 0.304. The third-order valence-corrected chi connectivity index (χ3v) is 7.26. The van der Waals surface area contributed by atoms with E-state index in [4.69, 9.17) is 37.8 Å². The molecule has 0 saturated carbocycles. The number of hydrogen-bond donors (Lipinski definition) is 3. The maximum absolute atomic E-state index is 12.1. The molecule has 1 aliphatic heterocycles. The topological polar surface area (TPSA) is 123 Å². The number of aliphatic carboxylic acids is 1. The molecule has 4 atom stereocenters. The first-order valence-electron chi connectivity index (χ1n) is 12.2. The van der Waals surface area contributed by atoms with Crippen molar-refractivity contribution in [3.63, 3.8) is 0 Å². The Kier molecular flexibility index (Phi) is 9.40. The smallest absolute Gasteiger partial charge is 0.303 e. The first kappa shape index (κ1) is 28.1. The van der Waals surface area contributed by atoms with Gasteiger partial charge in [-0.2, -0.15) is 0 Å². The summed E-state index contributed by atoms with van der Waals surface area (Å²) < 4.78 is 14.6. The van der Waals surface area contributed by atoms with Gasteiger partial charge in [0.2, 0.25) is 5.91 Å². The molecule has 38 heavy (non-hydrogen) atoms. The Bertz CT molecular complexity index is 1250. The zero-order valence-electron chi connectivity index (χ0n) is 20.7. The molecule has 202 valence electrons. The van der Waals surface area contributed by atoms with Gasteiger partial charge in [0.15, 0.2) is 11.4 Å². The summed E-state index contributed by atoms with van der Waals surface area (Å²) in [7, 11) is 0. The number of amides is 1. The van der Waals surface area contributed by atoms with Crippen molar-refractivity contribution in [1.82, 2.24) is 9.55 Å². The molecule has 11 heteroatoms. The van der Waals surface area contributed by atoms with Crippen molar-refractivity contribution in [3.05, 3.63) is 81.9 Å². The Balaban J connectivity index is 1.52. The minimum atomic E-state index is -0.927. The first-order valence-corrected chi connectivity index (χ1v) is 13.0. The van der Waals surface area contributed by atoms with Crippen LogP contribution in [0.3, 0.4) is 0 Å². The normalized spacial score (nSPS) is 21.3. The fraction of sp³-hybridized carbons (Fsp3) is 0.370. The average Bonchev–Trinajstić information content (AvgIpc) is 3.22. The third kappa shape index (κ3) is 6.92. The first-order chi connectivity index (χ1) is 18.2. The summed E-state index contributed by atoms with van der Waals surface area (Å²) in [5, 5.41) is 21.5. The lowest BCUT2D eigenvalue weighted by Crippen LogP contribution is -2.39. The Hall–Kier alpha value is -2.95. The van der Waals surface area contributed by atoms with Crippen molar-refractivity contribution in [1.29, 1.82) is 0 Å². The van der Waals surface area contributed by atoms with E-state index < -0.39 is 12.3 Å². The Morgan fingerprint density at radius 2 is 1.71 bits per heavy atom. The molecule has 0 bridgehead atoms. The molecular weight excluding hydrogens is 533 g/mol. The Morgan fingerprint density at radius 3 is 2.32 bits per heavy atom. The van der Waals surface area contributed by atoms with Gasteiger partial charge in [0.05, 0.1) is 31.7 Å². The molecular formula is C27H29Cl2N3O6. The van der Waals surface area contributed by atoms with Crippen LogP contribution < -0.4 is 5.32 Å². The minimum absolute atomic E-state index is 0.0436. The number of nitrogens with one attached hydrogen (secondary N) is 1. The summed E-state index contributed by atoms with van der Waals surface area (Å²) >= 11 is 12.4. The van der Waals surface area contributed by atoms with E-state index in [-0.39, 0.29) is 55.1 Å². The lowest BCUT2D eigenvalue weighted by atomic mass is 9.90. The molecule has 0 radical (unpaired) electrons. The summed E-state index contributed by atoms with van der Waals surface area (Å²) in [6.07, 6.45) is 0.616. The van der Waals surface area contributed by atoms with Crippen LogP contribution in [0.15, 0.2) is 54.9 Å². The summed E-state index contributed by atoms with van der Waals surface area (Å²) in [6.45, 7) is 2.41. The van der Waals surface area contributed by atoms with Gasteiger partial charge in [-0.05, 0) is 29.7 Å². The molecule has 2 aromatic carbocycles. The van der Waals surface area contributed by atoms with Gasteiger partial charge < -0.3 is 29.6 Å². The van der Waals surface area contributed by atoms with E-state index in [2.05, 4.69) is 10.3 Å². The molecule has 0 aliphatic carbocycles. The van der Waals surface area contributed by atoms with Crippen LogP contribution in [0, 0.1) is 5.92 Å². The number of hydrogen-bond acceptors (Lipinski definition) is 6. The highest BCUT2D eigenvalue weighted by Crippen LogP contribution is 2.42. The number of halogens is 2. The van der Waals surface area contributed by atoms with E-state index in [1.165, 1.54) is 0 Å². The zero-order chi connectivity index (χ0) is 27.2. The van der Waals surface area contributed by atoms with Crippen LogP contribution in [0.4, 0.5) is 5.69 Å². The molecule has 1 fully saturated rings. The van der Waals surface area contributed by atoms with Crippen LogP contribution in [-0.4, -0.2) is 37.7 Å². The van der Waals surface area contributed by atoms with E-state index in [0.29, 0.717) is 17.4 Å². The third-order valence-electron chi connectivity index (χ3n) is 6.49. The molecule has 1 aromatic heterocycles. The standard InChI is InChI=1S/C27H29Cl2N3O6/c1-16-21(13-32-15-30-25(28)26(32)29)37-27(38-24(16)18-7-5-17(14-33)6-8-18)19-9-11-20(12-10-19)31-22(34)3-2-4-23(35)36/h5-12,15-16,21,24,27,33H,2-4,13-14H2,1H3,(H,31,34)(H,35,36). The summed E-state index contributed by atoms with van der Waals surface area (Å²) in [4.78, 5) is 26.8. The van der Waals surface area contributed by atoms with Crippen molar-refractivity contribution in [2.24, 2.45) is 5.92 Å². The van der Waals surface area contributed by atoms with Gasteiger partial charge in [0, 0.05) is 30.0 Å². The predicted octanol–water partition coefficient (Wildman–Crippen LogP) is 5.37. The number of benzene rings is 2. The van der Waals surface area contributed by atoms with E-state index >= 15 is 0 Å².